The van der Waals surface area contributed by atoms with E-state index in [1.165, 1.54) is 23.9 Å². The molecular weight excluding hydrogens is 327 g/mol. The minimum atomic E-state index is -0.661. The van der Waals surface area contributed by atoms with Crippen LogP contribution in [-0.2, 0) is 9.53 Å². The molecule has 1 atom stereocenters. The first-order chi connectivity index (χ1) is 12.1. The highest BCUT2D eigenvalue weighted by Gasteiger charge is 2.37. The number of anilines is 1. The number of nitrogens with one attached hydrogen (secondary N) is 1. The van der Waals surface area contributed by atoms with E-state index in [4.69, 9.17) is 0 Å². The van der Waals surface area contributed by atoms with Crippen molar-refractivity contribution in [2.24, 2.45) is 0 Å². The predicted octanol–water partition coefficient (Wildman–Crippen LogP) is 2.23. The highest BCUT2D eigenvalue weighted by molar-refractivity contribution is 5.99. The van der Waals surface area contributed by atoms with Crippen molar-refractivity contribution in [2.45, 2.75) is 25.3 Å². The van der Waals surface area contributed by atoms with Crippen LogP contribution in [0.5, 0.6) is 0 Å². The lowest BCUT2D eigenvalue weighted by Gasteiger charge is -2.32. The molecule has 0 saturated heterocycles. The summed E-state index contributed by atoms with van der Waals surface area (Å²) in [5, 5.41) is 7.32. The molecule has 2 heterocycles. The second-order valence-corrected chi connectivity index (χ2v) is 5.94. The molecule has 1 N–H and O–H groups in total. The number of methoxy groups -OCH3 is 1. The maximum Gasteiger partial charge on any atom is 0.378 e. The molecule has 25 heavy (non-hydrogen) atoms. The van der Waals surface area contributed by atoms with Crippen LogP contribution in [0.2, 0.25) is 0 Å². The van der Waals surface area contributed by atoms with Gasteiger partial charge in [-0.2, -0.15) is 4.98 Å². The maximum atomic E-state index is 13.3. The number of halogens is 1. The van der Waals surface area contributed by atoms with Gasteiger partial charge >= 0.3 is 5.97 Å². The Morgan fingerprint density at radius 3 is 2.80 bits per heavy atom. The Morgan fingerprint density at radius 2 is 2.08 bits per heavy atom. The van der Waals surface area contributed by atoms with E-state index < -0.39 is 12.0 Å². The van der Waals surface area contributed by atoms with Gasteiger partial charge in [0.05, 0.1) is 7.11 Å². The molecule has 1 aromatic heterocycles. The fraction of sp³-hybridized carbons (Fsp3) is 0.294. The van der Waals surface area contributed by atoms with Crippen molar-refractivity contribution in [1.82, 2.24) is 14.8 Å². The van der Waals surface area contributed by atoms with Crippen LogP contribution in [0.4, 0.5) is 10.3 Å². The number of fused-ring (bicyclic) bond motifs is 1. The number of benzene rings is 1. The number of carbonyl (C=O) groups is 2. The zero-order valence-corrected chi connectivity index (χ0v) is 13.5. The lowest BCUT2D eigenvalue weighted by molar-refractivity contribution is -0.116. The van der Waals surface area contributed by atoms with Gasteiger partial charge in [-0.3, -0.25) is 4.79 Å². The Balaban J connectivity index is 1.89. The summed E-state index contributed by atoms with van der Waals surface area (Å²) in [7, 11) is 1.25. The van der Waals surface area contributed by atoms with E-state index >= 15 is 0 Å². The Hall–Kier alpha value is -3.03. The molecule has 8 heteroatoms. The molecule has 0 radical (unpaired) electrons. The molecule has 1 aliphatic heterocycles. The number of aromatic nitrogens is 3. The molecule has 0 fully saturated rings. The lowest BCUT2D eigenvalue weighted by atomic mass is 9.85. The Bertz CT molecular complexity index is 901. The van der Waals surface area contributed by atoms with Crippen LogP contribution in [0, 0.1) is 5.82 Å². The van der Waals surface area contributed by atoms with E-state index in [1.54, 1.807) is 12.1 Å². The molecule has 0 spiro atoms. The normalized spacial score (nSPS) is 19.1. The molecule has 7 nitrogen and oxygen atoms in total. The Labute approximate surface area is 142 Å². The predicted molar refractivity (Wildman–Crippen MR) is 85.4 cm³/mol. The van der Waals surface area contributed by atoms with E-state index in [-0.39, 0.29) is 17.4 Å². The minimum Gasteiger partial charge on any atom is -0.463 e. The van der Waals surface area contributed by atoms with Crippen molar-refractivity contribution >= 4 is 17.7 Å². The molecule has 0 amide bonds. The van der Waals surface area contributed by atoms with Crippen LogP contribution < -0.4 is 5.32 Å². The average molecular weight is 342 g/mol. The van der Waals surface area contributed by atoms with Gasteiger partial charge in [-0.15, -0.1) is 5.10 Å². The number of Topliss-reactive ketones (excluding diaryl/α,β-unsaturated/α-hetero) is 1. The third kappa shape index (κ3) is 2.50. The average Bonchev–Trinajstić information content (AvgIpc) is 3.04. The lowest BCUT2D eigenvalue weighted by Crippen LogP contribution is -2.31. The second-order valence-electron chi connectivity index (χ2n) is 5.94. The first kappa shape index (κ1) is 15.5. The Morgan fingerprint density at radius 1 is 1.32 bits per heavy atom. The van der Waals surface area contributed by atoms with Crippen molar-refractivity contribution in [3.63, 3.8) is 0 Å². The number of rotatable bonds is 2. The van der Waals surface area contributed by atoms with E-state index in [2.05, 4.69) is 20.1 Å². The van der Waals surface area contributed by atoms with Crippen LogP contribution in [0.15, 0.2) is 35.5 Å². The summed E-state index contributed by atoms with van der Waals surface area (Å²) in [4.78, 5) is 28.5. The van der Waals surface area contributed by atoms with Gasteiger partial charge in [0, 0.05) is 17.7 Å². The standard InChI is InChI=1S/C17H15FN4O3/c1-25-16(24)15-20-17-19-11-3-2-4-12(23)13(11)14(22(17)21-15)9-5-7-10(18)8-6-9/h5-8,14H,2-4H2,1H3,(H,19,20,21). The van der Waals surface area contributed by atoms with Gasteiger partial charge in [0.2, 0.25) is 5.95 Å². The molecule has 0 saturated carbocycles. The third-order valence-electron chi connectivity index (χ3n) is 4.42. The second kappa shape index (κ2) is 5.80. The molecule has 2 aromatic rings. The number of hydrogen-bond donors (Lipinski definition) is 1. The van der Waals surface area contributed by atoms with Crippen molar-refractivity contribution < 1.29 is 18.7 Å². The highest BCUT2D eigenvalue weighted by Crippen LogP contribution is 2.39. The topological polar surface area (TPSA) is 86.1 Å². The van der Waals surface area contributed by atoms with Crippen molar-refractivity contribution in [1.29, 1.82) is 0 Å². The SMILES string of the molecule is COC(=O)c1nc2n(n1)C(c1ccc(F)cc1)C1=C(CCCC1=O)N2. The number of ether oxygens (including phenoxy) is 1. The van der Waals surface area contributed by atoms with Gasteiger partial charge in [-0.1, -0.05) is 12.1 Å². The quantitative estimate of drug-likeness (QED) is 0.842. The molecule has 4 rings (SSSR count). The number of esters is 1. The number of carbonyl (C=O) groups excluding carboxylic acids is 2. The summed E-state index contributed by atoms with van der Waals surface area (Å²) >= 11 is 0. The monoisotopic (exact) mass is 342 g/mol. The van der Waals surface area contributed by atoms with Gasteiger partial charge in [0.15, 0.2) is 5.78 Å². The van der Waals surface area contributed by atoms with Gasteiger partial charge in [0.1, 0.15) is 11.9 Å². The van der Waals surface area contributed by atoms with Crippen LogP contribution in [0.3, 0.4) is 0 Å². The third-order valence-corrected chi connectivity index (χ3v) is 4.42. The molecule has 1 aromatic carbocycles. The van der Waals surface area contributed by atoms with Crippen LogP contribution >= 0.6 is 0 Å². The molecule has 0 bridgehead atoms. The summed E-state index contributed by atoms with van der Waals surface area (Å²) in [5.74, 6) is -0.738. The Kier molecular flexibility index (Phi) is 3.60. The summed E-state index contributed by atoms with van der Waals surface area (Å²) < 4.78 is 19.5. The zero-order chi connectivity index (χ0) is 17.6. The van der Waals surface area contributed by atoms with Gasteiger partial charge in [0.25, 0.3) is 5.82 Å². The van der Waals surface area contributed by atoms with E-state index in [0.29, 0.717) is 29.9 Å². The fourth-order valence-corrected chi connectivity index (χ4v) is 3.29. The molecule has 2 aliphatic rings. The summed E-state index contributed by atoms with van der Waals surface area (Å²) in [6.07, 6.45) is 1.91. The summed E-state index contributed by atoms with van der Waals surface area (Å²) in [6, 6.07) is 5.35. The maximum absolute atomic E-state index is 13.3. The fourth-order valence-electron chi connectivity index (χ4n) is 3.29. The largest absolute Gasteiger partial charge is 0.463 e. The van der Waals surface area contributed by atoms with E-state index in [9.17, 15) is 14.0 Å². The van der Waals surface area contributed by atoms with Gasteiger partial charge in [-0.25, -0.2) is 13.9 Å². The molecule has 128 valence electrons. The first-order valence-corrected chi connectivity index (χ1v) is 7.92. The highest BCUT2D eigenvalue weighted by atomic mass is 19.1. The van der Waals surface area contributed by atoms with Crippen molar-refractivity contribution in [2.75, 3.05) is 12.4 Å². The van der Waals surface area contributed by atoms with Crippen LogP contribution in [0.25, 0.3) is 0 Å². The zero-order valence-electron chi connectivity index (χ0n) is 13.5. The van der Waals surface area contributed by atoms with Crippen molar-refractivity contribution in [3.05, 3.63) is 52.7 Å². The number of ketones is 1. The van der Waals surface area contributed by atoms with Crippen LogP contribution in [0.1, 0.15) is 41.5 Å². The van der Waals surface area contributed by atoms with E-state index in [1.807, 2.05) is 0 Å². The smallest absolute Gasteiger partial charge is 0.378 e. The first-order valence-electron chi connectivity index (χ1n) is 7.92. The molecule has 1 unspecified atom stereocenters. The minimum absolute atomic E-state index is 0.0174. The summed E-state index contributed by atoms with van der Waals surface area (Å²) in [5.41, 5.74) is 2.07. The molecule has 1 aliphatic carbocycles. The van der Waals surface area contributed by atoms with Gasteiger partial charge in [-0.05, 0) is 30.5 Å². The van der Waals surface area contributed by atoms with Gasteiger partial charge < -0.3 is 10.1 Å². The summed E-state index contributed by atoms with van der Waals surface area (Å²) in [6.45, 7) is 0. The van der Waals surface area contributed by atoms with Crippen LogP contribution in [-0.4, -0.2) is 33.6 Å². The number of nitrogens with zero attached hydrogens (tertiary/aromatic N) is 3. The number of hydrogen-bond acceptors (Lipinski definition) is 6. The number of allylic oxidation sites excluding steroid dienone is 2. The molecular formula is C17H15FN4O3. The van der Waals surface area contributed by atoms with E-state index in [0.717, 1.165) is 12.1 Å². The van der Waals surface area contributed by atoms with Crippen molar-refractivity contribution in [3.8, 4) is 0 Å².